The minimum absolute atomic E-state index is 0.0434. The summed E-state index contributed by atoms with van der Waals surface area (Å²) in [6.45, 7) is 14.0. The van der Waals surface area contributed by atoms with Crippen molar-refractivity contribution in [3.63, 3.8) is 0 Å². The van der Waals surface area contributed by atoms with Gasteiger partial charge in [0.15, 0.2) is 28.9 Å². The first-order chi connectivity index (χ1) is 37.0. The Balaban J connectivity index is 0.000000348. The molecular weight excluding hydrogens is 961 g/mol. The van der Waals surface area contributed by atoms with Crippen molar-refractivity contribution >= 4 is 34.7 Å². The van der Waals surface area contributed by atoms with E-state index < -0.39 is 0 Å². The van der Waals surface area contributed by atoms with Crippen LogP contribution in [0.15, 0.2) is 170 Å². The maximum atomic E-state index is 13.0. The van der Waals surface area contributed by atoms with Crippen molar-refractivity contribution in [1.82, 2.24) is 0 Å². The van der Waals surface area contributed by atoms with Crippen LogP contribution in [0.4, 0.5) is 0 Å². The van der Waals surface area contributed by atoms with E-state index in [1.165, 1.54) is 0 Å². The topological polar surface area (TPSA) is 158 Å². The van der Waals surface area contributed by atoms with Crippen molar-refractivity contribution in [2.45, 2.75) is 64.6 Å². The standard InChI is InChI=1S/C40H42O7.C16H11O2.C8H18O3/c1-3-26-46-27-36(23-25-38(42)30-16-20-34(21-17-30)40(44)32-12-8-5-9-13-32)47-28-35(45-2)22-24-37(41)29-14-18-33(19-15-29)39(43)31-10-6-4-7-11-31;1-2-15(17)12-8-10-14(11-9-12)16(18)13-6-4-3-5-7-13;1-3-4-10-7-8-11-6-5-9-2/h4-21,35-36H,3,22-28H2,1-2H3;1-11H;3-8H2,1-2H3/q;+1;. The molecule has 12 heteroatoms. The van der Waals surface area contributed by atoms with Gasteiger partial charge in [0.25, 0.3) is 0 Å². The summed E-state index contributed by atoms with van der Waals surface area (Å²) in [4.78, 5) is 74.7. The number of rotatable bonds is 32. The Morgan fingerprint density at radius 3 is 1.13 bits per heavy atom. The molecule has 398 valence electrons. The van der Waals surface area contributed by atoms with Gasteiger partial charge in [0.1, 0.15) is 5.56 Å². The van der Waals surface area contributed by atoms with Crippen LogP contribution in [0, 0.1) is 6.58 Å². The van der Waals surface area contributed by atoms with Crippen LogP contribution in [-0.4, -0.2) is 114 Å². The highest BCUT2D eigenvalue weighted by Crippen LogP contribution is 2.18. The van der Waals surface area contributed by atoms with E-state index >= 15 is 0 Å². The number of ketones is 6. The van der Waals surface area contributed by atoms with Gasteiger partial charge in [-0.25, -0.2) is 0 Å². The van der Waals surface area contributed by atoms with Crippen molar-refractivity contribution in [2.75, 3.05) is 67.1 Å². The molecule has 0 fully saturated rings. The summed E-state index contributed by atoms with van der Waals surface area (Å²) in [5.41, 5.74) is 4.98. The highest BCUT2D eigenvalue weighted by molar-refractivity contribution is 6.11. The van der Waals surface area contributed by atoms with Gasteiger partial charge in [0, 0.05) is 84.8 Å². The lowest BCUT2D eigenvalue weighted by atomic mass is 9.99. The zero-order chi connectivity index (χ0) is 54.8. The molecule has 0 amide bonds. The van der Waals surface area contributed by atoms with E-state index in [1.54, 1.807) is 123 Å². The summed E-state index contributed by atoms with van der Waals surface area (Å²) in [7, 11) is 3.25. The second-order valence-electron chi connectivity index (χ2n) is 17.4. The van der Waals surface area contributed by atoms with Crippen LogP contribution in [0.25, 0.3) is 0 Å². The van der Waals surface area contributed by atoms with Gasteiger partial charge in [0.2, 0.25) is 6.08 Å². The van der Waals surface area contributed by atoms with E-state index in [0.29, 0.717) is 103 Å². The molecule has 0 aliphatic heterocycles. The quantitative estimate of drug-likeness (QED) is 0.0171. The zero-order valence-electron chi connectivity index (χ0n) is 44.2. The average molecular weight is 1030 g/mol. The van der Waals surface area contributed by atoms with Gasteiger partial charge >= 0.3 is 5.78 Å². The number of allylic oxidation sites excluding steroid dienone is 1. The van der Waals surface area contributed by atoms with Crippen LogP contribution in [-0.2, 0) is 28.4 Å². The van der Waals surface area contributed by atoms with Gasteiger partial charge in [0.05, 0.1) is 58.4 Å². The van der Waals surface area contributed by atoms with E-state index in [-0.39, 0.29) is 66.4 Å². The Labute approximate surface area is 448 Å². The Bertz CT molecular complexity index is 2640. The predicted octanol–water partition coefficient (Wildman–Crippen LogP) is 11.8. The lowest BCUT2D eigenvalue weighted by Crippen LogP contribution is -2.28. The number of Topliss-reactive ketones (excluding diaryl/α,β-unsaturated/α-hetero) is 2. The molecule has 76 heavy (non-hydrogen) atoms. The molecular formula is C64H71O12+. The molecule has 0 aliphatic carbocycles. The monoisotopic (exact) mass is 1030 g/mol. The third-order valence-corrected chi connectivity index (χ3v) is 11.7. The van der Waals surface area contributed by atoms with Crippen molar-refractivity contribution in [3.05, 3.63) is 227 Å². The Morgan fingerprint density at radius 1 is 0.408 bits per heavy atom. The number of methoxy groups -OCH3 is 2. The second-order valence-corrected chi connectivity index (χ2v) is 17.4. The largest absolute Gasteiger partial charge is 0.382 e. The molecule has 2 atom stereocenters. The summed E-state index contributed by atoms with van der Waals surface area (Å²) in [6.07, 6.45) is 3.71. The molecule has 6 rings (SSSR count). The smallest absolute Gasteiger partial charge is 0.334 e. The van der Waals surface area contributed by atoms with Gasteiger partial charge in [-0.05, 0) is 49.9 Å². The minimum atomic E-state index is -0.326. The SMILES string of the molecule is CCCOCC(CCC(=O)c1ccc(C(=O)c2ccccc2)cc1)OCC(CCC(=O)c1ccc(C(=O)c2ccccc2)cc1)OC.CCCOCCOCCOC.[CH+]=CC(=O)c1ccc(C(=O)c2ccccc2)cc1. The Hall–Kier alpha value is -7.25. The zero-order valence-corrected chi connectivity index (χ0v) is 44.2. The molecule has 0 saturated heterocycles. The number of carbonyl (C=O) groups excluding carboxylic acids is 6. The van der Waals surface area contributed by atoms with Crippen molar-refractivity contribution in [1.29, 1.82) is 0 Å². The molecule has 0 saturated carbocycles. The summed E-state index contributed by atoms with van der Waals surface area (Å²) >= 11 is 0. The van der Waals surface area contributed by atoms with E-state index in [4.69, 9.17) is 35.0 Å². The van der Waals surface area contributed by atoms with Crippen molar-refractivity contribution in [3.8, 4) is 0 Å². The fraction of sp³-hybridized carbons (Fsp3) is 0.312. The van der Waals surface area contributed by atoms with Crippen LogP contribution in [0.3, 0.4) is 0 Å². The maximum absolute atomic E-state index is 13.0. The lowest BCUT2D eigenvalue weighted by Gasteiger charge is -2.22. The van der Waals surface area contributed by atoms with E-state index in [1.807, 2.05) is 61.5 Å². The fourth-order valence-corrected chi connectivity index (χ4v) is 7.33. The summed E-state index contributed by atoms with van der Waals surface area (Å²) in [5.74, 6) is -0.587. The molecule has 2 unspecified atom stereocenters. The third kappa shape index (κ3) is 21.9. The summed E-state index contributed by atoms with van der Waals surface area (Å²) in [6, 6.07) is 47.0. The van der Waals surface area contributed by atoms with Gasteiger partial charge in [-0.2, -0.15) is 4.79 Å². The molecule has 0 spiro atoms. The van der Waals surface area contributed by atoms with Crippen LogP contribution in [0.2, 0.25) is 0 Å². The second kappa shape index (κ2) is 35.9. The van der Waals surface area contributed by atoms with Crippen molar-refractivity contribution < 1.29 is 57.2 Å². The first-order valence-electron chi connectivity index (χ1n) is 25.6. The van der Waals surface area contributed by atoms with Crippen molar-refractivity contribution in [2.24, 2.45) is 0 Å². The molecule has 0 heterocycles. The number of ether oxygens (including phenoxy) is 6. The van der Waals surface area contributed by atoms with Crippen LogP contribution in [0.5, 0.6) is 0 Å². The first kappa shape index (κ1) is 61.3. The third-order valence-electron chi connectivity index (χ3n) is 11.7. The van der Waals surface area contributed by atoms with Gasteiger partial charge in [-0.1, -0.05) is 153 Å². The molecule has 0 aliphatic rings. The summed E-state index contributed by atoms with van der Waals surface area (Å²) < 4.78 is 32.7. The highest BCUT2D eigenvalue weighted by Gasteiger charge is 2.20. The Kier molecular flexibility index (Phi) is 28.9. The number of carbonyl (C=O) groups is 6. The maximum Gasteiger partial charge on any atom is 0.334 e. The first-order valence-corrected chi connectivity index (χ1v) is 25.6. The van der Waals surface area contributed by atoms with Crippen LogP contribution in [0.1, 0.15) is 131 Å². The molecule has 0 bridgehead atoms. The minimum Gasteiger partial charge on any atom is -0.382 e. The average Bonchev–Trinajstić information content (AvgIpc) is 3.48. The van der Waals surface area contributed by atoms with E-state index in [9.17, 15) is 28.8 Å². The predicted molar refractivity (Wildman–Crippen MR) is 295 cm³/mol. The molecule has 0 radical (unpaired) electrons. The van der Waals surface area contributed by atoms with Gasteiger partial charge < -0.3 is 28.4 Å². The molecule has 6 aromatic rings. The molecule has 6 aromatic carbocycles. The van der Waals surface area contributed by atoms with E-state index in [0.717, 1.165) is 25.5 Å². The number of hydrogen-bond donors (Lipinski definition) is 0. The number of benzene rings is 6. The highest BCUT2D eigenvalue weighted by atomic mass is 16.6. The number of hydrogen-bond acceptors (Lipinski definition) is 12. The van der Waals surface area contributed by atoms with Gasteiger partial charge in [-0.15, -0.1) is 0 Å². The Morgan fingerprint density at radius 2 is 0.750 bits per heavy atom. The lowest BCUT2D eigenvalue weighted by molar-refractivity contribution is -0.0626. The summed E-state index contributed by atoms with van der Waals surface area (Å²) in [5, 5.41) is 0. The van der Waals surface area contributed by atoms with Gasteiger partial charge in [-0.3, -0.25) is 24.0 Å². The molecule has 12 nitrogen and oxygen atoms in total. The van der Waals surface area contributed by atoms with Crippen LogP contribution < -0.4 is 0 Å². The molecule has 0 aromatic heterocycles. The normalized spacial score (nSPS) is 11.4. The van der Waals surface area contributed by atoms with Crippen LogP contribution >= 0.6 is 0 Å². The van der Waals surface area contributed by atoms with E-state index in [2.05, 4.69) is 6.92 Å². The fourth-order valence-electron chi connectivity index (χ4n) is 7.33. The molecule has 0 N–H and O–H groups in total.